The maximum absolute atomic E-state index is 9.68. The van der Waals surface area contributed by atoms with E-state index in [1.54, 1.807) is 49.3 Å². The number of rotatable bonds is 16. The molecule has 8 unspecified atom stereocenters. The molecule has 0 radical (unpaired) electrons. The summed E-state index contributed by atoms with van der Waals surface area (Å²) in [5, 5.41) is 22.9. The van der Waals surface area contributed by atoms with Gasteiger partial charge in [0.25, 0.3) is 6.20 Å². The number of piperidine rings is 4. The number of nitrogens with zero attached hydrogens (tertiary/aromatic N) is 18. The molecule has 12 heterocycles. The molecule has 4 saturated heterocycles. The Morgan fingerprint density at radius 1 is 0.361 bits per heavy atom. The largest absolute Gasteiger partial charge is 0.424 e. The lowest BCUT2D eigenvalue weighted by Crippen LogP contribution is -2.29. The smallest absolute Gasteiger partial charge is 0.324 e. The van der Waals surface area contributed by atoms with Gasteiger partial charge in [0, 0.05) is 211 Å². The fraction of sp³-hybridized carbons (Fsp3) is 0.319. The van der Waals surface area contributed by atoms with Crippen LogP contribution in [0.15, 0.2) is 165 Å². The van der Waals surface area contributed by atoms with E-state index < -0.39 is 0 Å². The second kappa shape index (κ2) is 29.7. The first-order chi connectivity index (χ1) is 59.7. The number of hydrogen-bond donors (Lipinski definition) is 9. The summed E-state index contributed by atoms with van der Waals surface area (Å²) in [7, 11) is 7.80. The topological polar surface area (TPSA) is 394 Å². The Labute approximate surface area is 702 Å². The van der Waals surface area contributed by atoms with E-state index in [1.807, 2.05) is 65.4 Å². The van der Waals surface area contributed by atoms with E-state index in [1.165, 1.54) is 56.9 Å². The summed E-state index contributed by atoms with van der Waals surface area (Å²) in [5.74, 6) is 11.2. The Kier molecular flexibility index (Phi) is 18.2. The quantitative estimate of drug-likeness (QED) is 0.0321. The second-order valence-corrected chi connectivity index (χ2v) is 33.6. The van der Waals surface area contributed by atoms with Crippen molar-refractivity contribution in [2.24, 2.45) is 70.3 Å². The Morgan fingerprint density at radius 3 is 1.06 bits per heavy atom. The molecule has 31 nitrogen and oxygen atoms in total. The first-order valence-corrected chi connectivity index (χ1v) is 41.8. The summed E-state index contributed by atoms with van der Waals surface area (Å²) in [5.41, 5.74) is 49.0. The summed E-state index contributed by atoms with van der Waals surface area (Å²) < 4.78 is 25.0. The van der Waals surface area contributed by atoms with E-state index in [0.29, 0.717) is 124 Å². The Bertz CT molecular complexity index is 6300. The third kappa shape index (κ3) is 13.3. The third-order valence-electron chi connectivity index (χ3n) is 26.7. The van der Waals surface area contributed by atoms with Crippen molar-refractivity contribution >= 4 is 57.1 Å². The lowest BCUT2D eigenvalue weighted by molar-refractivity contribution is -0.904. The van der Waals surface area contributed by atoms with Crippen LogP contribution in [0.1, 0.15) is 50.9 Å². The van der Waals surface area contributed by atoms with Crippen molar-refractivity contribution in [3.8, 4) is 91.5 Å². The molecule has 0 bridgehead atoms. The van der Waals surface area contributed by atoms with Gasteiger partial charge in [-0.15, -0.1) is 0 Å². The van der Waals surface area contributed by atoms with E-state index in [-0.39, 0.29) is 0 Å². The van der Waals surface area contributed by atoms with Crippen LogP contribution >= 0.6 is 0 Å². The summed E-state index contributed by atoms with van der Waals surface area (Å²) in [6.45, 7) is 9.30. The molecule has 0 amide bonds. The molecule has 8 aliphatic carbocycles. The zero-order valence-corrected chi connectivity index (χ0v) is 67.9. The molecule has 4 aliphatic heterocycles. The van der Waals surface area contributed by atoms with Gasteiger partial charge < -0.3 is 82.7 Å². The number of pyridine rings is 2. The standard InChI is InChI=1S/C25H23N7O.C22H23N7O.C22H23N6O2.C22H22N6O/c1-27-18-4-2-3-14-15(18)10-21-22(14)24(32-11-16-17(12-32)23(16)26)31-25(30-21)33-13-5-6-19-20(9-13)29-8-7-28-19;1-11-25-7-12(8-26-11)30-22-27-18-6-14-13(4-3-5-17(14)24-2)19(18)21(28-22)29-9-15-16(10-29)20(15)23;1-24-17-6-2-5-13-14(17)8-18-19(13)21(27-10-15-16(11-27)20(15)23)26-22(25-18)30-12-4-3-7-28(29)9-12;1-24-17-6-2-5-13-14(17)8-18-19(13)21(28-10-15-16(11-28)20(15)23)27-22(26-18)29-12-4-3-7-25-9-12/h2-9,16-17,23,27H,10-12,26H2,1H3;3-5,7-8,15-16,20,24H,6,9-10,23H2,1-2H3;2-7,9,15-16,20,24,29H,8,10-11,23H2,1H3;2-7,9,15-16,20,24H,8,10-11,23H2,1H3/q;;+1;. The van der Waals surface area contributed by atoms with Gasteiger partial charge in [0.2, 0.25) is 6.20 Å². The number of nitrogens with two attached hydrogens (primary N) is 4. The first kappa shape index (κ1) is 74.7. The van der Waals surface area contributed by atoms with Crippen LogP contribution in [0.3, 0.4) is 0 Å². The number of aryl methyl sites for hydroxylation is 1. The van der Waals surface area contributed by atoms with Gasteiger partial charge in [0.1, 0.15) is 40.6 Å². The maximum Gasteiger partial charge on any atom is 0.324 e. The zero-order chi connectivity index (χ0) is 82.4. The summed E-state index contributed by atoms with van der Waals surface area (Å²) in [6.07, 6.45) is 16.0. The number of ether oxygens (including phenoxy) is 4. The molecule has 13 aromatic rings. The summed E-state index contributed by atoms with van der Waals surface area (Å²) >= 11 is 0. The highest BCUT2D eigenvalue weighted by Gasteiger charge is 2.58. The van der Waals surface area contributed by atoms with E-state index in [4.69, 9.17) is 81.8 Å². The molecule has 12 aliphatic rings. The number of benzene rings is 5. The van der Waals surface area contributed by atoms with Crippen LogP contribution in [0.25, 0.3) is 55.5 Å². The SMILES string of the molecule is CNc1cccc2c1Cc1nc(Oc3ccc4nccnc4c3)nc(N3CC4C(N)C4C3)c1-2.CNc1cccc2c1Cc1nc(Oc3ccc[n+](O)c3)nc(N3CC4C(N)C4C3)c1-2.CNc1cccc2c1Cc1nc(Oc3cccnc3)nc(N3CC4C(N)C4C3)c1-2.CNc1cccc2c1Cc1nc(Oc3cnc(C)nc3)nc(N3CC4C(N)C4C3)c1-2. The molecule has 5 aromatic carbocycles. The average Bonchev–Trinajstić information content (AvgIpc) is 1.58. The average molecular weight is 1630 g/mol. The predicted molar refractivity (Wildman–Crippen MR) is 463 cm³/mol. The van der Waals surface area contributed by atoms with Crippen LogP contribution in [0, 0.1) is 54.3 Å². The van der Waals surface area contributed by atoms with E-state index in [0.717, 1.165) is 185 Å². The van der Waals surface area contributed by atoms with Gasteiger partial charge in [-0.3, -0.25) is 20.2 Å². The van der Waals surface area contributed by atoms with Crippen molar-refractivity contribution < 1.29 is 28.9 Å². The van der Waals surface area contributed by atoms with E-state index in [2.05, 4.69) is 139 Å². The van der Waals surface area contributed by atoms with Gasteiger partial charge in [-0.1, -0.05) is 48.5 Å². The minimum atomic E-state index is 0.290. The van der Waals surface area contributed by atoms with E-state index >= 15 is 0 Å². The van der Waals surface area contributed by atoms with Crippen molar-refractivity contribution in [3.05, 3.63) is 216 Å². The summed E-state index contributed by atoms with van der Waals surface area (Å²) in [6, 6.07) is 40.8. The molecular weight excluding hydrogens is 1540 g/mol. The monoisotopic (exact) mass is 1630 g/mol. The lowest BCUT2D eigenvalue weighted by Gasteiger charge is -2.23. The molecule has 8 fully saturated rings. The fourth-order valence-corrected chi connectivity index (χ4v) is 20.0. The Morgan fingerprint density at radius 2 is 0.705 bits per heavy atom. The highest BCUT2D eigenvalue weighted by atomic mass is 16.5. The number of fused-ring (bicyclic) bond motifs is 17. The van der Waals surface area contributed by atoms with Crippen LogP contribution in [0.2, 0.25) is 0 Å². The zero-order valence-electron chi connectivity index (χ0n) is 67.9. The fourth-order valence-electron chi connectivity index (χ4n) is 20.0. The lowest BCUT2D eigenvalue weighted by atomic mass is 10.1. The highest BCUT2D eigenvalue weighted by Crippen LogP contribution is 2.56. The van der Waals surface area contributed by atoms with Crippen LogP contribution < -0.4 is 87.5 Å². The number of aromatic nitrogens is 14. The Balaban J connectivity index is 0.0000000973. The molecule has 614 valence electrons. The third-order valence-corrected chi connectivity index (χ3v) is 26.7. The van der Waals surface area contributed by atoms with Crippen LogP contribution in [-0.2, 0) is 25.7 Å². The van der Waals surface area contributed by atoms with Gasteiger partial charge >= 0.3 is 24.0 Å². The first-order valence-electron chi connectivity index (χ1n) is 41.8. The van der Waals surface area contributed by atoms with Crippen LogP contribution in [0.4, 0.5) is 46.0 Å². The second-order valence-electron chi connectivity index (χ2n) is 33.6. The Hall–Kier alpha value is -13.6. The minimum absolute atomic E-state index is 0.290. The molecule has 8 aromatic heterocycles. The normalized spacial score (nSPS) is 22.9. The van der Waals surface area contributed by atoms with Gasteiger partial charge in [-0.05, 0) is 153 Å². The van der Waals surface area contributed by atoms with Crippen molar-refractivity contribution in [3.63, 3.8) is 0 Å². The molecule has 0 spiro atoms. The molecule has 122 heavy (non-hydrogen) atoms. The molecule has 31 heteroatoms. The van der Waals surface area contributed by atoms with E-state index in [9.17, 15) is 5.21 Å². The van der Waals surface area contributed by atoms with Crippen molar-refractivity contribution in [2.45, 2.75) is 56.8 Å². The summed E-state index contributed by atoms with van der Waals surface area (Å²) in [4.78, 5) is 69.2. The maximum atomic E-state index is 9.68. The number of hydrogen-bond acceptors (Lipinski definition) is 30. The van der Waals surface area contributed by atoms with Crippen LogP contribution in [0.5, 0.6) is 47.0 Å². The minimum Gasteiger partial charge on any atom is -0.424 e. The van der Waals surface area contributed by atoms with Gasteiger partial charge in [0.15, 0.2) is 11.5 Å². The molecule has 4 saturated carbocycles. The molecule has 8 atom stereocenters. The van der Waals surface area contributed by atoms with Crippen molar-refractivity contribution in [1.82, 2.24) is 64.8 Å². The number of nitrogens with one attached hydrogen (secondary N) is 4. The molecule has 25 rings (SSSR count). The van der Waals surface area contributed by atoms with Crippen molar-refractivity contribution in [1.29, 1.82) is 0 Å². The van der Waals surface area contributed by atoms with Gasteiger partial charge in [-0.2, -0.15) is 39.9 Å². The van der Waals surface area contributed by atoms with Crippen LogP contribution in [-0.4, -0.2) is 175 Å². The molecule has 13 N–H and O–H groups in total. The van der Waals surface area contributed by atoms with Gasteiger partial charge in [0.05, 0.1) is 52.4 Å². The van der Waals surface area contributed by atoms with Gasteiger partial charge in [-0.25, -0.2) is 9.97 Å². The molecular formula is C91H91N26O5+. The highest BCUT2D eigenvalue weighted by molar-refractivity contribution is 5.92. The predicted octanol–water partition coefficient (Wildman–Crippen LogP) is 10.1. The van der Waals surface area contributed by atoms with Crippen molar-refractivity contribution in [2.75, 3.05) is 121 Å². The number of anilines is 8.